The third-order valence-electron chi connectivity index (χ3n) is 3.77. The molecule has 112 valence electrons. The van der Waals surface area contributed by atoms with Gasteiger partial charge in [0.2, 0.25) is 0 Å². The average molecular weight is 277 g/mol. The topological polar surface area (TPSA) is 30.5 Å². The van der Waals surface area contributed by atoms with E-state index in [4.69, 9.17) is 9.47 Å². The third-order valence-corrected chi connectivity index (χ3v) is 3.77. The van der Waals surface area contributed by atoms with E-state index in [1.54, 1.807) is 7.11 Å². The van der Waals surface area contributed by atoms with Gasteiger partial charge < -0.3 is 14.8 Å². The summed E-state index contributed by atoms with van der Waals surface area (Å²) in [5.74, 6) is 0.534. The fourth-order valence-corrected chi connectivity index (χ4v) is 2.72. The van der Waals surface area contributed by atoms with Crippen molar-refractivity contribution in [2.75, 3.05) is 20.3 Å². The van der Waals surface area contributed by atoms with Crippen LogP contribution in [0.2, 0.25) is 0 Å². The van der Waals surface area contributed by atoms with Crippen molar-refractivity contribution in [3.63, 3.8) is 0 Å². The fourth-order valence-electron chi connectivity index (χ4n) is 2.72. The second-order valence-corrected chi connectivity index (χ2v) is 6.60. The molecule has 0 aliphatic carbocycles. The number of ether oxygens (including phenoxy) is 2. The summed E-state index contributed by atoms with van der Waals surface area (Å²) in [6.07, 6.45) is 1.31. The Morgan fingerprint density at radius 3 is 2.75 bits per heavy atom. The summed E-state index contributed by atoms with van der Waals surface area (Å²) < 4.78 is 11.3. The van der Waals surface area contributed by atoms with E-state index >= 15 is 0 Å². The van der Waals surface area contributed by atoms with E-state index in [-0.39, 0.29) is 11.6 Å². The van der Waals surface area contributed by atoms with Crippen molar-refractivity contribution in [3.05, 3.63) is 35.4 Å². The predicted octanol–water partition coefficient (Wildman–Crippen LogP) is 3.30. The highest BCUT2D eigenvalue weighted by molar-refractivity contribution is 5.29. The van der Waals surface area contributed by atoms with Crippen molar-refractivity contribution in [2.24, 2.45) is 5.92 Å². The van der Waals surface area contributed by atoms with Gasteiger partial charge in [0.15, 0.2) is 0 Å². The highest BCUT2D eigenvalue weighted by Gasteiger charge is 2.31. The molecule has 0 bridgehead atoms. The van der Waals surface area contributed by atoms with Crippen molar-refractivity contribution in [1.82, 2.24) is 5.32 Å². The maximum atomic E-state index is 6.01. The lowest BCUT2D eigenvalue weighted by Crippen LogP contribution is -2.39. The molecule has 1 aromatic rings. The molecule has 0 aromatic heterocycles. The van der Waals surface area contributed by atoms with E-state index < -0.39 is 0 Å². The van der Waals surface area contributed by atoms with Crippen LogP contribution in [0.25, 0.3) is 0 Å². The lowest BCUT2D eigenvalue weighted by molar-refractivity contribution is 0.0858. The lowest BCUT2D eigenvalue weighted by atomic mass is 9.91. The molecule has 2 atom stereocenters. The van der Waals surface area contributed by atoms with Crippen molar-refractivity contribution >= 4 is 0 Å². The van der Waals surface area contributed by atoms with Crippen LogP contribution in [-0.4, -0.2) is 25.8 Å². The summed E-state index contributed by atoms with van der Waals surface area (Å²) in [7, 11) is 1.74. The second kappa shape index (κ2) is 6.70. The molecule has 3 heteroatoms. The van der Waals surface area contributed by atoms with Crippen LogP contribution in [-0.2, 0) is 16.1 Å². The summed E-state index contributed by atoms with van der Waals surface area (Å²) in [5.41, 5.74) is 2.68. The van der Waals surface area contributed by atoms with Crippen molar-refractivity contribution in [1.29, 1.82) is 0 Å². The van der Waals surface area contributed by atoms with Crippen LogP contribution in [0.4, 0.5) is 0 Å². The molecule has 20 heavy (non-hydrogen) atoms. The van der Waals surface area contributed by atoms with Gasteiger partial charge in [-0.3, -0.25) is 0 Å². The molecule has 0 amide bonds. The summed E-state index contributed by atoms with van der Waals surface area (Å²) in [6.45, 7) is 9.11. The Hall–Kier alpha value is -0.900. The van der Waals surface area contributed by atoms with Gasteiger partial charge in [-0.25, -0.2) is 0 Å². The standard InChI is InChI=1S/C17H27NO2/c1-17(2,3)18-11-13-9-10-20-16(13)15-8-6-5-7-14(15)12-19-4/h5-8,13,16,18H,9-12H2,1-4H3. The number of hydrogen-bond acceptors (Lipinski definition) is 3. The first-order valence-corrected chi connectivity index (χ1v) is 7.44. The van der Waals surface area contributed by atoms with Crippen LogP contribution in [0.3, 0.4) is 0 Å². The molecule has 3 nitrogen and oxygen atoms in total. The van der Waals surface area contributed by atoms with Crippen molar-refractivity contribution in [2.45, 2.75) is 45.4 Å². The highest BCUT2D eigenvalue weighted by atomic mass is 16.5. The number of benzene rings is 1. The zero-order valence-corrected chi connectivity index (χ0v) is 13.1. The Balaban J connectivity index is 2.10. The maximum Gasteiger partial charge on any atom is 0.0869 e. The lowest BCUT2D eigenvalue weighted by Gasteiger charge is -2.26. The Bertz CT molecular complexity index is 425. The van der Waals surface area contributed by atoms with Gasteiger partial charge in [-0.15, -0.1) is 0 Å². The largest absolute Gasteiger partial charge is 0.380 e. The molecule has 2 unspecified atom stereocenters. The van der Waals surface area contributed by atoms with E-state index in [0.717, 1.165) is 19.6 Å². The van der Waals surface area contributed by atoms with Crippen LogP contribution >= 0.6 is 0 Å². The number of rotatable bonds is 5. The molecule has 0 spiro atoms. The number of hydrogen-bond donors (Lipinski definition) is 1. The van der Waals surface area contributed by atoms with Gasteiger partial charge in [-0.05, 0) is 38.3 Å². The van der Waals surface area contributed by atoms with Crippen LogP contribution in [0.5, 0.6) is 0 Å². The molecule has 1 saturated heterocycles. The highest BCUT2D eigenvalue weighted by Crippen LogP contribution is 2.36. The molecule has 1 fully saturated rings. The quantitative estimate of drug-likeness (QED) is 0.896. The first kappa shape index (κ1) is 15.5. The zero-order chi connectivity index (χ0) is 14.6. The van der Waals surface area contributed by atoms with E-state index in [0.29, 0.717) is 12.5 Å². The first-order valence-electron chi connectivity index (χ1n) is 7.44. The molecule has 1 heterocycles. The van der Waals surface area contributed by atoms with Crippen molar-refractivity contribution in [3.8, 4) is 0 Å². The molecule has 0 saturated carbocycles. The Labute approximate surface area is 122 Å². The Kier molecular flexibility index (Phi) is 5.19. The van der Waals surface area contributed by atoms with Crippen molar-refractivity contribution < 1.29 is 9.47 Å². The molecule has 2 rings (SSSR count). The normalized spacial score (nSPS) is 23.2. The SMILES string of the molecule is COCc1ccccc1C1OCCC1CNC(C)(C)C. The molecule has 1 N–H and O–H groups in total. The molecule has 1 aliphatic heterocycles. The Morgan fingerprint density at radius 2 is 2.05 bits per heavy atom. The van der Waals surface area contributed by atoms with Gasteiger partial charge in [-0.2, -0.15) is 0 Å². The second-order valence-electron chi connectivity index (χ2n) is 6.60. The Morgan fingerprint density at radius 1 is 1.30 bits per heavy atom. The molecular weight excluding hydrogens is 250 g/mol. The van der Waals surface area contributed by atoms with E-state index in [9.17, 15) is 0 Å². The molecule has 1 aromatic carbocycles. The van der Waals surface area contributed by atoms with E-state index in [1.165, 1.54) is 11.1 Å². The first-order chi connectivity index (χ1) is 9.51. The molecule has 0 radical (unpaired) electrons. The third kappa shape index (κ3) is 4.05. The van der Waals surface area contributed by atoms with Crippen LogP contribution < -0.4 is 5.32 Å². The fraction of sp³-hybridized carbons (Fsp3) is 0.647. The van der Waals surface area contributed by atoms with Crippen LogP contribution in [0.15, 0.2) is 24.3 Å². The molecular formula is C17H27NO2. The average Bonchev–Trinajstić information content (AvgIpc) is 2.85. The summed E-state index contributed by atoms with van der Waals surface area (Å²) in [4.78, 5) is 0. The minimum absolute atomic E-state index is 0.152. The smallest absolute Gasteiger partial charge is 0.0869 e. The molecule has 1 aliphatic rings. The maximum absolute atomic E-state index is 6.01. The summed E-state index contributed by atoms with van der Waals surface area (Å²) in [5, 5.41) is 3.60. The van der Waals surface area contributed by atoms with Crippen LogP contribution in [0, 0.1) is 5.92 Å². The number of methoxy groups -OCH3 is 1. The van der Waals surface area contributed by atoms with Crippen LogP contribution in [0.1, 0.15) is 44.4 Å². The number of nitrogens with one attached hydrogen (secondary N) is 1. The summed E-state index contributed by atoms with van der Waals surface area (Å²) in [6, 6.07) is 8.46. The minimum atomic E-state index is 0.152. The van der Waals surface area contributed by atoms with Gasteiger partial charge in [-0.1, -0.05) is 24.3 Å². The van der Waals surface area contributed by atoms with Gasteiger partial charge >= 0.3 is 0 Å². The predicted molar refractivity (Wildman–Crippen MR) is 81.7 cm³/mol. The van der Waals surface area contributed by atoms with E-state index in [2.05, 4.69) is 50.4 Å². The van der Waals surface area contributed by atoms with Gasteiger partial charge in [0.05, 0.1) is 12.7 Å². The summed E-state index contributed by atoms with van der Waals surface area (Å²) >= 11 is 0. The van der Waals surface area contributed by atoms with Gasteiger partial charge in [0, 0.05) is 31.7 Å². The minimum Gasteiger partial charge on any atom is -0.380 e. The monoisotopic (exact) mass is 277 g/mol. The zero-order valence-electron chi connectivity index (χ0n) is 13.1. The van der Waals surface area contributed by atoms with E-state index in [1.807, 2.05) is 0 Å². The van der Waals surface area contributed by atoms with Gasteiger partial charge in [0.1, 0.15) is 0 Å². The van der Waals surface area contributed by atoms with Gasteiger partial charge in [0.25, 0.3) is 0 Å².